The molecule has 1 aromatic carbocycles. The Morgan fingerprint density at radius 1 is 1.17 bits per heavy atom. The van der Waals surface area contributed by atoms with Crippen molar-refractivity contribution in [1.29, 1.82) is 0 Å². The fraction of sp³-hybridized carbons (Fsp3) is 0.500. The predicted molar refractivity (Wildman–Crippen MR) is 118 cm³/mol. The Morgan fingerprint density at radius 2 is 1.90 bits per heavy atom. The summed E-state index contributed by atoms with van der Waals surface area (Å²) in [4.78, 5) is 31.9. The first-order valence-corrected chi connectivity index (χ1v) is 11.3. The van der Waals surface area contributed by atoms with E-state index in [9.17, 15) is 9.59 Å². The molecule has 1 atom stereocenters. The highest BCUT2D eigenvalue weighted by atomic mass is 32.1. The van der Waals surface area contributed by atoms with E-state index in [4.69, 9.17) is 4.74 Å². The number of hydrogen-bond acceptors (Lipinski definition) is 6. The third kappa shape index (κ3) is 6.81. The van der Waals surface area contributed by atoms with Crippen LogP contribution in [0, 0.1) is 5.92 Å². The number of likely N-dealkylation sites (tertiary alicyclic amines) is 1. The Morgan fingerprint density at radius 3 is 2.60 bits per heavy atom. The number of thiazole rings is 1. The lowest BCUT2D eigenvalue weighted by Gasteiger charge is -2.25. The van der Waals surface area contributed by atoms with Crippen LogP contribution in [0.4, 0.5) is 9.93 Å². The van der Waals surface area contributed by atoms with Crippen LogP contribution >= 0.6 is 11.3 Å². The first-order chi connectivity index (χ1) is 14.5. The number of hydrogen-bond donors (Lipinski definition) is 2. The van der Waals surface area contributed by atoms with Crippen molar-refractivity contribution in [3.05, 3.63) is 47.0 Å². The van der Waals surface area contributed by atoms with Crippen molar-refractivity contribution in [2.75, 3.05) is 18.4 Å². The summed E-state index contributed by atoms with van der Waals surface area (Å²) < 4.78 is 5.25. The Labute approximate surface area is 181 Å². The molecule has 1 aliphatic rings. The smallest absolute Gasteiger partial charge is 0.408 e. The number of nitrogens with one attached hydrogen (secondary N) is 2. The number of carbonyl (C=O) groups is 2. The Bertz CT molecular complexity index is 819. The van der Waals surface area contributed by atoms with Crippen LogP contribution in [-0.2, 0) is 22.7 Å². The van der Waals surface area contributed by atoms with E-state index in [1.165, 1.54) is 30.6 Å². The molecule has 30 heavy (non-hydrogen) atoms. The average molecular weight is 431 g/mol. The van der Waals surface area contributed by atoms with Crippen molar-refractivity contribution in [1.82, 2.24) is 15.2 Å². The first kappa shape index (κ1) is 22.2. The molecule has 2 amide bonds. The van der Waals surface area contributed by atoms with Gasteiger partial charge in [-0.15, -0.1) is 11.3 Å². The topological polar surface area (TPSA) is 83.6 Å². The molecule has 0 saturated carbocycles. The zero-order valence-corrected chi connectivity index (χ0v) is 18.4. The summed E-state index contributed by atoms with van der Waals surface area (Å²) in [6.07, 6.45) is 3.15. The van der Waals surface area contributed by atoms with Crippen LogP contribution in [0.15, 0.2) is 35.7 Å². The fourth-order valence-corrected chi connectivity index (χ4v) is 4.10. The molecule has 0 bridgehead atoms. The van der Waals surface area contributed by atoms with Crippen molar-refractivity contribution in [2.24, 2.45) is 5.92 Å². The summed E-state index contributed by atoms with van der Waals surface area (Å²) in [5.74, 6) is -0.386. The third-order valence-corrected chi connectivity index (χ3v) is 5.86. The standard InChI is InChI=1S/C22H30N4O3S/c1-16(2)19(24-22(28)29-14-17-9-5-3-6-10-17)20(27)25-21-23-18(15-30-21)13-26-11-7-4-8-12-26/h3,5-6,9-10,15-16,19H,4,7-8,11-14H2,1-2H3,(H,24,28)(H,23,25,27)/t19-/m0/s1. The molecule has 1 aromatic heterocycles. The zero-order valence-electron chi connectivity index (χ0n) is 17.6. The van der Waals surface area contributed by atoms with E-state index in [1.807, 2.05) is 49.6 Å². The van der Waals surface area contributed by atoms with Crippen LogP contribution < -0.4 is 10.6 Å². The van der Waals surface area contributed by atoms with Gasteiger partial charge < -0.3 is 15.4 Å². The van der Waals surface area contributed by atoms with Gasteiger partial charge in [0.1, 0.15) is 12.6 Å². The predicted octanol–water partition coefficient (Wildman–Crippen LogP) is 4.02. The molecule has 0 radical (unpaired) electrons. The van der Waals surface area contributed by atoms with Gasteiger partial charge in [-0.1, -0.05) is 50.6 Å². The molecule has 3 rings (SSSR count). The SMILES string of the molecule is CC(C)[C@H](NC(=O)OCc1ccccc1)C(=O)Nc1nc(CN2CCCCC2)cs1. The van der Waals surface area contributed by atoms with E-state index in [2.05, 4.69) is 20.5 Å². The van der Waals surface area contributed by atoms with E-state index in [1.54, 1.807) is 0 Å². The summed E-state index contributed by atoms with van der Waals surface area (Å²) in [5, 5.41) is 8.05. The molecule has 0 aliphatic carbocycles. The molecule has 1 aliphatic heterocycles. The van der Waals surface area contributed by atoms with Crippen molar-refractivity contribution in [2.45, 2.75) is 52.3 Å². The van der Waals surface area contributed by atoms with Crippen molar-refractivity contribution < 1.29 is 14.3 Å². The number of nitrogens with zero attached hydrogens (tertiary/aromatic N) is 2. The summed E-state index contributed by atoms with van der Waals surface area (Å²) >= 11 is 1.41. The number of rotatable bonds is 8. The van der Waals surface area contributed by atoms with Gasteiger partial charge in [-0.25, -0.2) is 9.78 Å². The molecule has 1 fully saturated rings. The summed E-state index contributed by atoms with van der Waals surface area (Å²) in [6.45, 7) is 6.93. The van der Waals surface area contributed by atoms with Gasteiger partial charge in [0, 0.05) is 11.9 Å². The van der Waals surface area contributed by atoms with Crippen LogP contribution in [0.1, 0.15) is 44.4 Å². The van der Waals surface area contributed by atoms with E-state index in [-0.39, 0.29) is 18.4 Å². The largest absolute Gasteiger partial charge is 0.445 e. The van der Waals surface area contributed by atoms with Crippen molar-refractivity contribution >= 4 is 28.5 Å². The van der Waals surface area contributed by atoms with Gasteiger partial charge in [0.15, 0.2) is 5.13 Å². The zero-order chi connectivity index (χ0) is 21.3. The minimum atomic E-state index is -0.706. The van der Waals surface area contributed by atoms with E-state index >= 15 is 0 Å². The number of piperidine rings is 1. The van der Waals surface area contributed by atoms with Gasteiger partial charge in [0.25, 0.3) is 0 Å². The second-order valence-corrected chi connectivity index (χ2v) is 8.76. The van der Waals surface area contributed by atoms with Crippen LogP contribution in [0.3, 0.4) is 0 Å². The van der Waals surface area contributed by atoms with Crippen LogP contribution in [0.25, 0.3) is 0 Å². The summed E-state index contributed by atoms with van der Waals surface area (Å²) in [7, 11) is 0. The highest BCUT2D eigenvalue weighted by Crippen LogP contribution is 2.19. The molecule has 2 aromatic rings. The maximum atomic E-state index is 12.7. The van der Waals surface area contributed by atoms with Gasteiger partial charge in [-0.2, -0.15) is 0 Å². The summed E-state index contributed by atoms with van der Waals surface area (Å²) in [6, 6.07) is 8.72. The molecule has 2 N–H and O–H groups in total. The number of amides is 2. The summed E-state index contributed by atoms with van der Waals surface area (Å²) in [5.41, 5.74) is 1.86. The van der Waals surface area contributed by atoms with E-state index < -0.39 is 12.1 Å². The van der Waals surface area contributed by atoms with Gasteiger partial charge in [-0.3, -0.25) is 9.69 Å². The van der Waals surface area contributed by atoms with Crippen LogP contribution in [0.2, 0.25) is 0 Å². The van der Waals surface area contributed by atoms with Crippen molar-refractivity contribution in [3.63, 3.8) is 0 Å². The average Bonchev–Trinajstić information content (AvgIpc) is 3.18. The Kier molecular flexibility index (Phi) is 8.21. The van der Waals surface area contributed by atoms with Gasteiger partial charge in [0.2, 0.25) is 5.91 Å². The number of carbonyl (C=O) groups excluding carboxylic acids is 2. The number of benzene rings is 1. The van der Waals surface area contributed by atoms with Crippen molar-refractivity contribution in [3.8, 4) is 0 Å². The molecule has 1 saturated heterocycles. The first-order valence-electron chi connectivity index (χ1n) is 10.5. The molecule has 0 spiro atoms. The third-order valence-electron chi connectivity index (χ3n) is 5.05. The number of anilines is 1. The van der Waals surface area contributed by atoms with Gasteiger partial charge in [-0.05, 0) is 37.4 Å². The minimum absolute atomic E-state index is 0.0953. The number of aromatic nitrogens is 1. The quantitative estimate of drug-likeness (QED) is 0.661. The molecular weight excluding hydrogens is 400 g/mol. The second-order valence-electron chi connectivity index (χ2n) is 7.90. The molecular formula is C22H30N4O3S. The number of ether oxygens (including phenoxy) is 1. The van der Waals surface area contributed by atoms with E-state index in [0.717, 1.165) is 30.9 Å². The highest BCUT2D eigenvalue weighted by molar-refractivity contribution is 7.13. The molecule has 162 valence electrons. The maximum absolute atomic E-state index is 12.7. The van der Waals surface area contributed by atoms with E-state index in [0.29, 0.717) is 5.13 Å². The lowest BCUT2D eigenvalue weighted by atomic mass is 10.0. The molecule has 7 nitrogen and oxygen atoms in total. The number of alkyl carbamates (subject to hydrolysis) is 1. The highest BCUT2D eigenvalue weighted by Gasteiger charge is 2.26. The normalized spacial score (nSPS) is 15.6. The molecule has 0 unspecified atom stereocenters. The minimum Gasteiger partial charge on any atom is -0.445 e. The lowest BCUT2D eigenvalue weighted by molar-refractivity contribution is -0.119. The molecule has 8 heteroatoms. The Hall–Kier alpha value is -2.45. The van der Waals surface area contributed by atoms with Crippen LogP contribution in [0.5, 0.6) is 0 Å². The molecule has 2 heterocycles. The Balaban J connectivity index is 1.50. The van der Waals surface area contributed by atoms with Gasteiger partial charge >= 0.3 is 6.09 Å². The lowest BCUT2D eigenvalue weighted by Crippen LogP contribution is -2.47. The van der Waals surface area contributed by atoms with Gasteiger partial charge in [0.05, 0.1) is 5.69 Å². The maximum Gasteiger partial charge on any atom is 0.408 e. The second kappa shape index (κ2) is 11.1. The monoisotopic (exact) mass is 430 g/mol. The fourth-order valence-electron chi connectivity index (χ4n) is 3.39. The van der Waals surface area contributed by atoms with Crippen LogP contribution in [-0.4, -0.2) is 41.0 Å².